The second-order valence-electron chi connectivity index (χ2n) is 4.27. The van der Waals surface area contributed by atoms with Gasteiger partial charge < -0.3 is 4.74 Å². The zero-order valence-electron chi connectivity index (χ0n) is 10.8. The highest BCUT2D eigenvalue weighted by Gasteiger charge is 2.14. The summed E-state index contributed by atoms with van der Waals surface area (Å²) < 4.78 is 4.90. The van der Waals surface area contributed by atoms with E-state index in [-0.39, 0.29) is 36.0 Å². The molecule has 0 aliphatic rings. The lowest BCUT2D eigenvalue weighted by atomic mass is 10.1. The normalized spacial score (nSPS) is 10.3. The van der Waals surface area contributed by atoms with Gasteiger partial charge in [0.25, 0.3) is 5.69 Å². The SMILES string of the molecule is CC(C)OC(=O)CCC(=O)c1cccc([N+](=O)[O-])c1. The Balaban J connectivity index is 2.61. The van der Waals surface area contributed by atoms with E-state index in [1.54, 1.807) is 13.8 Å². The first-order valence-electron chi connectivity index (χ1n) is 5.87. The molecular weight excluding hydrogens is 250 g/mol. The molecular formula is C13H15NO5. The Morgan fingerprint density at radius 2 is 2.00 bits per heavy atom. The molecule has 0 fully saturated rings. The zero-order valence-corrected chi connectivity index (χ0v) is 10.8. The Bertz CT molecular complexity index is 496. The first kappa shape index (κ1) is 14.8. The van der Waals surface area contributed by atoms with Gasteiger partial charge in [-0.15, -0.1) is 0 Å². The number of nitrogens with zero attached hydrogens (tertiary/aromatic N) is 1. The predicted octanol–water partition coefficient (Wildman–Crippen LogP) is 2.51. The number of esters is 1. The first-order chi connectivity index (χ1) is 8.90. The van der Waals surface area contributed by atoms with Gasteiger partial charge in [-0.2, -0.15) is 0 Å². The van der Waals surface area contributed by atoms with E-state index in [2.05, 4.69) is 0 Å². The number of rotatable bonds is 6. The summed E-state index contributed by atoms with van der Waals surface area (Å²) in [6.45, 7) is 3.44. The van der Waals surface area contributed by atoms with Crippen LogP contribution < -0.4 is 0 Å². The lowest BCUT2D eigenvalue weighted by molar-refractivity contribution is -0.384. The topological polar surface area (TPSA) is 86.5 Å². The van der Waals surface area contributed by atoms with E-state index < -0.39 is 10.9 Å². The lowest BCUT2D eigenvalue weighted by Gasteiger charge is -2.07. The maximum absolute atomic E-state index is 11.8. The number of hydrogen-bond donors (Lipinski definition) is 0. The number of benzene rings is 1. The fourth-order valence-electron chi connectivity index (χ4n) is 1.47. The van der Waals surface area contributed by atoms with Gasteiger partial charge >= 0.3 is 5.97 Å². The average Bonchev–Trinajstić information content (AvgIpc) is 2.35. The number of Topliss-reactive ketones (excluding diaryl/α,β-unsaturated/α-hetero) is 1. The molecule has 6 nitrogen and oxygen atoms in total. The number of carbonyl (C=O) groups excluding carboxylic acids is 2. The maximum Gasteiger partial charge on any atom is 0.306 e. The van der Waals surface area contributed by atoms with Gasteiger partial charge in [-0.05, 0) is 13.8 Å². The highest BCUT2D eigenvalue weighted by molar-refractivity contribution is 5.98. The second kappa shape index (κ2) is 6.63. The number of carbonyl (C=O) groups is 2. The minimum atomic E-state index is -0.566. The van der Waals surface area contributed by atoms with Crippen molar-refractivity contribution in [2.24, 2.45) is 0 Å². The lowest BCUT2D eigenvalue weighted by Crippen LogP contribution is -2.13. The molecule has 0 heterocycles. The smallest absolute Gasteiger partial charge is 0.306 e. The summed E-state index contributed by atoms with van der Waals surface area (Å²) in [4.78, 5) is 33.1. The molecule has 102 valence electrons. The fourth-order valence-corrected chi connectivity index (χ4v) is 1.47. The van der Waals surface area contributed by atoms with Gasteiger partial charge in [0, 0.05) is 24.1 Å². The molecule has 0 amide bonds. The van der Waals surface area contributed by atoms with E-state index in [1.165, 1.54) is 24.3 Å². The summed E-state index contributed by atoms with van der Waals surface area (Å²) in [5.41, 5.74) is 0.0853. The van der Waals surface area contributed by atoms with E-state index >= 15 is 0 Å². The molecule has 0 aromatic heterocycles. The Morgan fingerprint density at radius 3 is 2.58 bits per heavy atom. The van der Waals surface area contributed by atoms with E-state index in [4.69, 9.17) is 4.74 Å². The highest BCUT2D eigenvalue weighted by Crippen LogP contribution is 2.15. The monoisotopic (exact) mass is 265 g/mol. The van der Waals surface area contributed by atoms with E-state index in [9.17, 15) is 19.7 Å². The van der Waals surface area contributed by atoms with Crippen LogP contribution in [0.2, 0.25) is 0 Å². The van der Waals surface area contributed by atoms with Crippen molar-refractivity contribution in [3.63, 3.8) is 0 Å². The van der Waals surface area contributed by atoms with E-state index in [0.717, 1.165) is 0 Å². The molecule has 1 aromatic rings. The molecule has 0 aliphatic carbocycles. The molecule has 0 atom stereocenters. The summed E-state index contributed by atoms with van der Waals surface area (Å²) in [6.07, 6.45) is -0.271. The molecule has 0 saturated carbocycles. The minimum absolute atomic E-state index is 0.0211. The number of ketones is 1. The fraction of sp³-hybridized carbons (Fsp3) is 0.385. The summed E-state index contributed by atoms with van der Waals surface area (Å²) in [6, 6.07) is 5.45. The van der Waals surface area contributed by atoms with Crippen LogP contribution >= 0.6 is 0 Å². The number of non-ortho nitro benzene ring substituents is 1. The predicted molar refractivity (Wildman–Crippen MR) is 67.9 cm³/mol. The van der Waals surface area contributed by atoms with Gasteiger partial charge in [-0.3, -0.25) is 19.7 Å². The largest absolute Gasteiger partial charge is 0.463 e. The zero-order chi connectivity index (χ0) is 14.4. The molecule has 0 N–H and O–H groups in total. The molecule has 1 rings (SSSR count). The van der Waals surface area contributed by atoms with Crippen LogP contribution in [0.4, 0.5) is 5.69 Å². The van der Waals surface area contributed by atoms with E-state index in [0.29, 0.717) is 0 Å². The molecule has 0 radical (unpaired) electrons. The Hall–Kier alpha value is -2.24. The van der Waals surface area contributed by atoms with Crippen LogP contribution in [0, 0.1) is 10.1 Å². The van der Waals surface area contributed by atoms with Gasteiger partial charge in [-0.1, -0.05) is 12.1 Å². The number of nitro benzene ring substituents is 1. The molecule has 0 aliphatic heterocycles. The van der Waals surface area contributed by atoms with Crippen molar-refractivity contribution in [2.45, 2.75) is 32.8 Å². The van der Waals surface area contributed by atoms with Crippen LogP contribution in [0.5, 0.6) is 0 Å². The number of nitro groups is 1. The third-order valence-corrected chi connectivity index (χ3v) is 2.30. The van der Waals surface area contributed by atoms with Gasteiger partial charge in [0.2, 0.25) is 0 Å². The molecule has 0 bridgehead atoms. The van der Waals surface area contributed by atoms with E-state index in [1.807, 2.05) is 0 Å². The Labute approximate surface area is 110 Å². The third-order valence-electron chi connectivity index (χ3n) is 2.30. The van der Waals surface area contributed by atoms with Crippen molar-refractivity contribution in [1.29, 1.82) is 0 Å². The second-order valence-corrected chi connectivity index (χ2v) is 4.27. The first-order valence-corrected chi connectivity index (χ1v) is 5.87. The van der Waals surface area contributed by atoms with Crippen molar-refractivity contribution < 1.29 is 19.2 Å². The number of hydrogen-bond acceptors (Lipinski definition) is 5. The summed E-state index contributed by atoms with van der Waals surface area (Å²) in [5, 5.41) is 10.6. The maximum atomic E-state index is 11.8. The quantitative estimate of drug-likeness (QED) is 0.341. The standard InChI is InChI=1S/C13H15NO5/c1-9(2)19-13(16)7-6-12(15)10-4-3-5-11(8-10)14(17)18/h3-5,8-9H,6-7H2,1-2H3. The molecule has 19 heavy (non-hydrogen) atoms. The Kier molecular flexibility index (Phi) is 5.17. The van der Waals surface area contributed by atoms with Crippen LogP contribution in [0.3, 0.4) is 0 Å². The highest BCUT2D eigenvalue weighted by atomic mass is 16.6. The molecule has 0 saturated heterocycles. The summed E-state index contributed by atoms with van der Waals surface area (Å²) in [5.74, 6) is -0.766. The van der Waals surface area contributed by atoms with Gasteiger partial charge in [0.15, 0.2) is 5.78 Å². The number of ether oxygens (including phenoxy) is 1. The van der Waals surface area contributed by atoms with Gasteiger partial charge in [0.1, 0.15) is 0 Å². The van der Waals surface area contributed by atoms with Crippen LogP contribution in [0.25, 0.3) is 0 Å². The minimum Gasteiger partial charge on any atom is -0.463 e. The van der Waals surface area contributed by atoms with Gasteiger partial charge in [0.05, 0.1) is 17.4 Å². The Morgan fingerprint density at radius 1 is 1.32 bits per heavy atom. The van der Waals surface area contributed by atoms with Crippen molar-refractivity contribution in [3.8, 4) is 0 Å². The van der Waals surface area contributed by atoms with Gasteiger partial charge in [-0.25, -0.2) is 0 Å². The molecule has 0 spiro atoms. The molecule has 0 unspecified atom stereocenters. The van der Waals surface area contributed by atoms with Crippen molar-refractivity contribution >= 4 is 17.4 Å². The average molecular weight is 265 g/mol. The molecule has 1 aromatic carbocycles. The molecule has 6 heteroatoms. The summed E-state index contributed by atoms with van der Waals surface area (Å²) in [7, 11) is 0. The van der Waals surface area contributed by atoms with Crippen LogP contribution in [-0.4, -0.2) is 22.8 Å². The van der Waals surface area contributed by atoms with Crippen LogP contribution in [0.15, 0.2) is 24.3 Å². The third kappa shape index (κ3) is 4.87. The summed E-state index contributed by atoms with van der Waals surface area (Å²) >= 11 is 0. The van der Waals surface area contributed by atoms with Crippen molar-refractivity contribution in [2.75, 3.05) is 0 Å². The van der Waals surface area contributed by atoms with Crippen LogP contribution in [-0.2, 0) is 9.53 Å². The van der Waals surface area contributed by atoms with Crippen molar-refractivity contribution in [1.82, 2.24) is 0 Å². The van der Waals surface area contributed by atoms with Crippen LogP contribution in [0.1, 0.15) is 37.0 Å². The van der Waals surface area contributed by atoms with Crippen molar-refractivity contribution in [3.05, 3.63) is 39.9 Å².